The minimum absolute atomic E-state index is 0.0253. The summed E-state index contributed by atoms with van der Waals surface area (Å²) in [5.41, 5.74) is 1.52. The molecule has 0 saturated carbocycles. The lowest BCUT2D eigenvalue weighted by Crippen LogP contribution is -2.18. The highest BCUT2D eigenvalue weighted by molar-refractivity contribution is 7.17. The van der Waals surface area contributed by atoms with Gasteiger partial charge in [0.1, 0.15) is 6.61 Å². The molecular weight excluding hydrogens is 288 g/mol. The van der Waals surface area contributed by atoms with E-state index in [2.05, 4.69) is 4.98 Å². The summed E-state index contributed by atoms with van der Waals surface area (Å²) in [5.74, 6) is -0.426. The van der Waals surface area contributed by atoms with Gasteiger partial charge in [0.15, 0.2) is 4.96 Å². The van der Waals surface area contributed by atoms with Crippen molar-refractivity contribution in [3.05, 3.63) is 44.8 Å². The highest BCUT2D eigenvalue weighted by Gasteiger charge is 2.18. The smallest absolute Gasteiger partial charge is 0.330 e. The molecule has 1 aliphatic carbocycles. The molecule has 0 bridgehead atoms. The Labute approximate surface area is 125 Å². The van der Waals surface area contributed by atoms with Gasteiger partial charge in [0.25, 0.3) is 5.56 Å². The first kappa shape index (κ1) is 14.0. The van der Waals surface area contributed by atoms with Crippen LogP contribution in [0.4, 0.5) is 0 Å². The Kier molecular flexibility index (Phi) is 3.88. The normalized spacial score (nSPS) is 14.5. The number of carbonyl (C=O) groups is 1. The number of thiazole rings is 1. The van der Waals surface area contributed by atoms with Gasteiger partial charge in [0.05, 0.1) is 5.69 Å². The van der Waals surface area contributed by atoms with Crippen molar-refractivity contribution in [2.45, 2.75) is 39.2 Å². The molecule has 0 N–H and O–H groups in total. The van der Waals surface area contributed by atoms with E-state index < -0.39 is 5.97 Å². The maximum absolute atomic E-state index is 12.3. The van der Waals surface area contributed by atoms with Crippen LogP contribution < -0.4 is 5.56 Å². The number of aryl methyl sites for hydroxylation is 2. The summed E-state index contributed by atoms with van der Waals surface area (Å²) in [5, 5.41) is 0. The van der Waals surface area contributed by atoms with Gasteiger partial charge in [0.2, 0.25) is 0 Å². The van der Waals surface area contributed by atoms with Gasteiger partial charge in [0, 0.05) is 22.7 Å². The highest BCUT2D eigenvalue weighted by atomic mass is 32.1. The average Bonchev–Trinajstić information content (AvgIpc) is 2.84. The molecule has 0 fully saturated rings. The van der Waals surface area contributed by atoms with E-state index in [0.717, 1.165) is 25.0 Å². The van der Waals surface area contributed by atoms with E-state index in [4.69, 9.17) is 4.74 Å². The molecule has 0 aromatic carbocycles. The van der Waals surface area contributed by atoms with Crippen LogP contribution in [0.2, 0.25) is 0 Å². The van der Waals surface area contributed by atoms with Crippen molar-refractivity contribution in [3.8, 4) is 0 Å². The van der Waals surface area contributed by atoms with Crippen molar-refractivity contribution >= 4 is 22.3 Å². The number of rotatable bonds is 3. The lowest BCUT2D eigenvalue weighted by Gasteiger charge is -2.10. The second-order valence-corrected chi connectivity index (χ2v) is 6.05. The fourth-order valence-electron chi connectivity index (χ4n) is 2.54. The number of esters is 1. The molecule has 0 aliphatic heterocycles. The zero-order valence-corrected chi connectivity index (χ0v) is 12.6. The highest BCUT2D eigenvalue weighted by Crippen LogP contribution is 2.28. The third-order valence-corrected chi connectivity index (χ3v) is 4.62. The Balaban J connectivity index is 1.92. The molecule has 21 heavy (non-hydrogen) atoms. The van der Waals surface area contributed by atoms with Gasteiger partial charge in [-0.15, -0.1) is 11.3 Å². The first-order chi connectivity index (χ1) is 10.2. The molecule has 0 spiro atoms. The maximum atomic E-state index is 12.3. The molecule has 6 heteroatoms. The zero-order valence-electron chi connectivity index (χ0n) is 11.8. The zero-order chi connectivity index (χ0) is 14.8. The van der Waals surface area contributed by atoms with Crippen molar-refractivity contribution in [2.24, 2.45) is 0 Å². The molecule has 110 valence electrons. The van der Waals surface area contributed by atoms with Crippen molar-refractivity contribution in [3.63, 3.8) is 0 Å². The number of nitrogens with zero attached hydrogens (tertiary/aromatic N) is 2. The van der Waals surface area contributed by atoms with Gasteiger partial charge in [-0.25, -0.2) is 9.78 Å². The predicted molar refractivity (Wildman–Crippen MR) is 80.6 cm³/mol. The molecule has 0 unspecified atom stereocenters. The number of hydrogen-bond acceptors (Lipinski definition) is 5. The SMILES string of the molecule is C/C=C/C(=O)OCc1cc(=O)n2c3c(sc2n1)CCCC3. The van der Waals surface area contributed by atoms with Crippen LogP contribution in [0.25, 0.3) is 4.96 Å². The number of ether oxygens (including phenoxy) is 1. The molecule has 1 aliphatic rings. The summed E-state index contributed by atoms with van der Waals surface area (Å²) < 4.78 is 6.75. The van der Waals surface area contributed by atoms with E-state index in [0.29, 0.717) is 10.7 Å². The molecule has 2 heterocycles. The average molecular weight is 304 g/mol. The predicted octanol–water partition coefficient (Wildman–Crippen LogP) is 2.25. The molecule has 2 aromatic heterocycles. The van der Waals surface area contributed by atoms with Crippen LogP contribution in [0.15, 0.2) is 23.0 Å². The maximum Gasteiger partial charge on any atom is 0.330 e. The molecule has 2 aromatic rings. The van der Waals surface area contributed by atoms with Gasteiger partial charge in [-0.05, 0) is 32.6 Å². The molecule has 3 rings (SSSR count). The third-order valence-electron chi connectivity index (χ3n) is 3.48. The van der Waals surface area contributed by atoms with Gasteiger partial charge in [-0.3, -0.25) is 9.20 Å². The van der Waals surface area contributed by atoms with E-state index in [1.165, 1.54) is 23.4 Å². The van der Waals surface area contributed by atoms with E-state index >= 15 is 0 Å². The molecule has 0 atom stereocenters. The fraction of sp³-hybridized carbons (Fsp3) is 0.400. The Bertz CT molecular complexity index is 773. The fourth-order valence-corrected chi connectivity index (χ4v) is 3.78. The van der Waals surface area contributed by atoms with E-state index in [-0.39, 0.29) is 12.2 Å². The van der Waals surface area contributed by atoms with E-state index in [1.54, 1.807) is 28.7 Å². The van der Waals surface area contributed by atoms with Crippen LogP contribution in [0.5, 0.6) is 0 Å². The van der Waals surface area contributed by atoms with E-state index in [1.807, 2.05) is 0 Å². The summed E-state index contributed by atoms with van der Waals surface area (Å²) in [7, 11) is 0. The number of allylic oxidation sites excluding steroid dienone is 1. The van der Waals surface area contributed by atoms with Crippen LogP contribution in [0.3, 0.4) is 0 Å². The first-order valence-corrected chi connectivity index (χ1v) is 7.83. The summed E-state index contributed by atoms with van der Waals surface area (Å²) in [6, 6.07) is 1.46. The van der Waals surface area contributed by atoms with Crippen molar-refractivity contribution in [1.29, 1.82) is 0 Å². The lowest BCUT2D eigenvalue weighted by atomic mass is 10.0. The first-order valence-electron chi connectivity index (χ1n) is 7.01. The topological polar surface area (TPSA) is 60.7 Å². The summed E-state index contributed by atoms with van der Waals surface area (Å²) in [6.45, 7) is 1.77. The second kappa shape index (κ2) is 5.81. The Morgan fingerprint density at radius 3 is 3.10 bits per heavy atom. The lowest BCUT2D eigenvalue weighted by molar-refractivity contribution is -0.139. The minimum atomic E-state index is -0.426. The molecule has 0 amide bonds. The van der Waals surface area contributed by atoms with Crippen LogP contribution in [-0.2, 0) is 29.0 Å². The quantitative estimate of drug-likeness (QED) is 0.644. The summed E-state index contributed by atoms with van der Waals surface area (Å²) in [6.07, 6.45) is 7.20. The largest absolute Gasteiger partial charge is 0.456 e. The van der Waals surface area contributed by atoms with Gasteiger partial charge >= 0.3 is 5.97 Å². The van der Waals surface area contributed by atoms with Crippen molar-refractivity contribution < 1.29 is 9.53 Å². The van der Waals surface area contributed by atoms with Gasteiger partial charge < -0.3 is 4.74 Å². The summed E-state index contributed by atoms with van der Waals surface area (Å²) in [4.78, 5) is 30.0. The van der Waals surface area contributed by atoms with Gasteiger partial charge in [-0.2, -0.15) is 0 Å². The number of aromatic nitrogens is 2. The molecular formula is C15H16N2O3S. The number of hydrogen-bond donors (Lipinski definition) is 0. The molecule has 0 radical (unpaired) electrons. The second-order valence-electron chi connectivity index (χ2n) is 4.99. The van der Waals surface area contributed by atoms with Crippen LogP contribution in [-0.4, -0.2) is 15.4 Å². The number of fused-ring (bicyclic) bond motifs is 3. The minimum Gasteiger partial charge on any atom is -0.456 e. The van der Waals surface area contributed by atoms with Gasteiger partial charge in [-0.1, -0.05) is 6.08 Å². The molecule has 5 nitrogen and oxygen atoms in total. The van der Waals surface area contributed by atoms with Crippen molar-refractivity contribution in [2.75, 3.05) is 0 Å². The molecule has 0 saturated heterocycles. The Morgan fingerprint density at radius 2 is 2.29 bits per heavy atom. The third kappa shape index (κ3) is 2.76. The van der Waals surface area contributed by atoms with Crippen LogP contribution >= 0.6 is 11.3 Å². The monoisotopic (exact) mass is 304 g/mol. The van der Waals surface area contributed by atoms with Crippen LogP contribution in [0.1, 0.15) is 36.0 Å². The summed E-state index contributed by atoms with van der Waals surface area (Å²) >= 11 is 1.57. The van der Waals surface area contributed by atoms with Crippen LogP contribution in [0, 0.1) is 0 Å². The standard InChI is InChI=1S/C15H16N2O3S/c1-2-5-14(19)20-9-10-8-13(18)17-11-6-3-4-7-12(11)21-15(17)16-10/h2,5,8H,3-4,6-7,9H2,1H3/b5-2+. The Hall–Kier alpha value is -1.95. The van der Waals surface area contributed by atoms with E-state index in [9.17, 15) is 9.59 Å². The van der Waals surface area contributed by atoms with Crippen molar-refractivity contribution in [1.82, 2.24) is 9.38 Å². The number of carbonyl (C=O) groups excluding carboxylic acids is 1. The Morgan fingerprint density at radius 1 is 1.48 bits per heavy atom.